The summed E-state index contributed by atoms with van der Waals surface area (Å²) in [4.78, 5) is 24.2. The van der Waals surface area contributed by atoms with E-state index in [1.165, 1.54) is 7.11 Å². The SMILES string of the molecule is COC(=O)C1(NC(=O)OC(C)(C)C)CC2CCC(C1)S2. The number of methoxy groups -OCH3 is 1. The first-order valence-electron chi connectivity index (χ1n) is 6.99. The molecule has 0 spiro atoms. The summed E-state index contributed by atoms with van der Waals surface area (Å²) in [7, 11) is 1.37. The largest absolute Gasteiger partial charge is 0.467 e. The third-order valence-corrected chi connectivity index (χ3v) is 5.24. The normalized spacial score (nSPS) is 32.6. The maximum Gasteiger partial charge on any atom is 0.408 e. The molecule has 2 fully saturated rings. The number of thioether (sulfide) groups is 1. The number of hydrogen-bond acceptors (Lipinski definition) is 5. The van der Waals surface area contributed by atoms with Gasteiger partial charge in [0.15, 0.2) is 0 Å². The van der Waals surface area contributed by atoms with Crippen molar-refractivity contribution < 1.29 is 19.1 Å². The Morgan fingerprint density at radius 2 is 1.75 bits per heavy atom. The maximum absolute atomic E-state index is 12.2. The van der Waals surface area contributed by atoms with Gasteiger partial charge in [-0.3, -0.25) is 0 Å². The minimum atomic E-state index is -0.922. The number of esters is 1. The second-order valence-corrected chi connectivity index (χ2v) is 8.17. The molecule has 0 aliphatic carbocycles. The highest BCUT2D eigenvalue weighted by atomic mass is 32.2. The molecule has 0 aromatic rings. The summed E-state index contributed by atoms with van der Waals surface area (Å²) in [6.07, 6.45) is 2.91. The van der Waals surface area contributed by atoms with Crippen molar-refractivity contribution in [2.75, 3.05) is 7.11 Å². The minimum absolute atomic E-state index is 0.361. The number of rotatable bonds is 2. The Labute approximate surface area is 124 Å². The van der Waals surface area contributed by atoms with E-state index >= 15 is 0 Å². The monoisotopic (exact) mass is 301 g/mol. The lowest BCUT2D eigenvalue weighted by Gasteiger charge is -2.38. The molecule has 2 saturated heterocycles. The predicted octanol–water partition coefficient (Wildman–Crippen LogP) is 2.48. The summed E-state index contributed by atoms with van der Waals surface area (Å²) in [5.41, 5.74) is -1.50. The third kappa shape index (κ3) is 3.40. The highest BCUT2D eigenvalue weighted by molar-refractivity contribution is 8.00. The zero-order valence-electron chi connectivity index (χ0n) is 12.5. The average molecular weight is 301 g/mol. The van der Waals surface area contributed by atoms with Crippen LogP contribution in [0.1, 0.15) is 46.5 Å². The van der Waals surface area contributed by atoms with Crippen LogP contribution < -0.4 is 5.32 Å². The number of carbonyl (C=O) groups is 2. The van der Waals surface area contributed by atoms with E-state index in [9.17, 15) is 9.59 Å². The van der Waals surface area contributed by atoms with Crippen LogP contribution in [-0.4, -0.2) is 40.8 Å². The summed E-state index contributed by atoms with van der Waals surface area (Å²) in [5, 5.41) is 3.63. The van der Waals surface area contributed by atoms with Crippen LogP contribution in [-0.2, 0) is 14.3 Å². The van der Waals surface area contributed by atoms with Crippen LogP contribution in [0.5, 0.6) is 0 Å². The zero-order chi connectivity index (χ0) is 15.0. The van der Waals surface area contributed by atoms with Gasteiger partial charge in [0, 0.05) is 10.5 Å². The average Bonchev–Trinajstić information content (AvgIpc) is 2.65. The van der Waals surface area contributed by atoms with E-state index in [-0.39, 0.29) is 5.97 Å². The van der Waals surface area contributed by atoms with Gasteiger partial charge < -0.3 is 14.8 Å². The van der Waals surface area contributed by atoms with Crippen LogP contribution >= 0.6 is 11.8 Å². The fourth-order valence-corrected chi connectivity index (χ4v) is 4.81. The molecule has 0 saturated carbocycles. The van der Waals surface area contributed by atoms with Crippen molar-refractivity contribution in [2.45, 2.75) is 68.1 Å². The van der Waals surface area contributed by atoms with Crippen molar-refractivity contribution in [3.8, 4) is 0 Å². The van der Waals surface area contributed by atoms with Crippen molar-refractivity contribution in [2.24, 2.45) is 0 Å². The van der Waals surface area contributed by atoms with E-state index in [4.69, 9.17) is 9.47 Å². The fourth-order valence-electron chi connectivity index (χ4n) is 2.96. The van der Waals surface area contributed by atoms with Crippen LogP contribution in [0.2, 0.25) is 0 Å². The predicted molar refractivity (Wildman–Crippen MR) is 77.8 cm³/mol. The number of carbonyl (C=O) groups excluding carboxylic acids is 2. The first-order valence-corrected chi connectivity index (χ1v) is 7.93. The molecule has 114 valence electrons. The van der Waals surface area contributed by atoms with E-state index in [1.807, 2.05) is 11.8 Å². The van der Waals surface area contributed by atoms with E-state index < -0.39 is 17.2 Å². The Morgan fingerprint density at radius 1 is 1.20 bits per heavy atom. The number of fused-ring (bicyclic) bond motifs is 2. The van der Waals surface area contributed by atoms with Gasteiger partial charge in [0.1, 0.15) is 11.1 Å². The molecule has 2 aliphatic rings. The van der Waals surface area contributed by atoms with Gasteiger partial charge in [0.2, 0.25) is 0 Å². The summed E-state index contributed by atoms with van der Waals surface area (Å²) in [5.74, 6) is -0.361. The maximum atomic E-state index is 12.2. The smallest absolute Gasteiger partial charge is 0.408 e. The Morgan fingerprint density at radius 3 is 2.20 bits per heavy atom. The molecule has 2 heterocycles. The van der Waals surface area contributed by atoms with Gasteiger partial charge in [-0.25, -0.2) is 9.59 Å². The molecule has 2 bridgehead atoms. The van der Waals surface area contributed by atoms with Gasteiger partial charge in [0.05, 0.1) is 7.11 Å². The van der Waals surface area contributed by atoms with Crippen molar-refractivity contribution in [1.82, 2.24) is 5.32 Å². The molecule has 6 heteroatoms. The second-order valence-electron chi connectivity index (χ2n) is 6.57. The van der Waals surface area contributed by atoms with Gasteiger partial charge in [-0.15, -0.1) is 0 Å². The molecule has 2 rings (SSSR count). The zero-order valence-corrected chi connectivity index (χ0v) is 13.3. The van der Waals surface area contributed by atoms with Gasteiger partial charge in [-0.1, -0.05) is 0 Å². The van der Waals surface area contributed by atoms with Crippen LogP contribution in [0, 0.1) is 0 Å². The summed E-state index contributed by atoms with van der Waals surface area (Å²) < 4.78 is 10.2. The van der Waals surface area contributed by atoms with Crippen LogP contribution in [0.15, 0.2) is 0 Å². The van der Waals surface area contributed by atoms with E-state index in [1.54, 1.807) is 20.8 Å². The number of amides is 1. The van der Waals surface area contributed by atoms with Crippen LogP contribution in [0.25, 0.3) is 0 Å². The molecule has 1 N–H and O–H groups in total. The quantitative estimate of drug-likeness (QED) is 0.794. The summed E-state index contributed by atoms with van der Waals surface area (Å²) in [6.45, 7) is 5.41. The molecule has 2 atom stereocenters. The Bertz CT molecular complexity index is 392. The Kier molecular flexibility index (Phi) is 4.23. The van der Waals surface area contributed by atoms with Crippen molar-refractivity contribution in [1.29, 1.82) is 0 Å². The topological polar surface area (TPSA) is 64.6 Å². The minimum Gasteiger partial charge on any atom is -0.467 e. The Balaban J connectivity index is 2.12. The second kappa shape index (κ2) is 5.47. The molecule has 5 nitrogen and oxygen atoms in total. The molecule has 2 unspecified atom stereocenters. The number of ether oxygens (including phenoxy) is 2. The van der Waals surface area contributed by atoms with Crippen molar-refractivity contribution >= 4 is 23.8 Å². The van der Waals surface area contributed by atoms with Gasteiger partial charge in [0.25, 0.3) is 0 Å². The van der Waals surface area contributed by atoms with Crippen LogP contribution in [0.3, 0.4) is 0 Å². The highest BCUT2D eigenvalue weighted by Crippen LogP contribution is 2.48. The molecule has 2 aliphatic heterocycles. The summed E-state index contributed by atoms with van der Waals surface area (Å²) in [6, 6.07) is 0. The molecular formula is C14H23NO4S. The van der Waals surface area contributed by atoms with E-state index in [0.29, 0.717) is 23.3 Å². The lowest BCUT2D eigenvalue weighted by molar-refractivity contribution is -0.149. The van der Waals surface area contributed by atoms with E-state index in [2.05, 4.69) is 5.32 Å². The standard InChI is InChI=1S/C14H23NO4S/c1-13(2,3)19-12(17)15-14(11(16)18-4)7-9-5-6-10(8-14)20-9/h9-10H,5-8H2,1-4H3,(H,15,17). The molecule has 20 heavy (non-hydrogen) atoms. The lowest BCUT2D eigenvalue weighted by atomic mass is 9.89. The van der Waals surface area contributed by atoms with Crippen molar-refractivity contribution in [3.63, 3.8) is 0 Å². The number of hydrogen-bond donors (Lipinski definition) is 1. The van der Waals surface area contributed by atoms with Crippen LogP contribution in [0.4, 0.5) is 4.79 Å². The lowest BCUT2D eigenvalue weighted by Crippen LogP contribution is -2.59. The first kappa shape index (κ1) is 15.5. The van der Waals surface area contributed by atoms with Gasteiger partial charge >= 0.3 is 12.1 Å². The fraction of sp³-hybridized carbons (Fsp3) is 0.857. The van der Waals surface area contributed by atoms with Gasteiger partial charge in [-0.05, 0) is 46.5 Å². The number of alkyl carbamates (subject to hydrolysis) is 1. The highest BCUT2D eigenvalue weighted by Gasteiger charge is 2.51. The van der Waals surface area contributed by atoms with Gasteiger partial charge in [-0.2, -0.15) is 11.8 Å². The van der Waals surface area contributed by atoms with Crippen molar-refractivity contribution in [3.05, 3.63) is 0 Å². The van der Waals surface area contributed by atoms with E-state index in [0.717, 1.165) is 12.8 Å². The molecule has 0 aromatic carbocycles. The first-order chi connectivity index (χ1) is 9.24. The number of nitrogens with one attached hydrogen (secondary N) is 1. The molecule has 0 radical (unpaired) electrons. The molecular weight excluding hydrogens is 278 g/mol. The Hall–Kier alpha value is -0.910. The summed E-state index contributed by atoms with van der Waals surface area (Å²) >= 11 is 1.92. The molecule has 0 aromatic heterocycles. The molecule has 1 amide bonds. The third-order valence-electron chi connectivity index (χ3n) is 3.66.